The van der Waals surface area contributed by atoms with Gasteiger partial charge in [-0.2, -0.15) is 0 Å². The molecule has 0 spiro atoms. The first-order valence-corrected chi connectivity index (χ1v) is 9.27. The van der Waals surface area contributed by atoms with Crippen LogP contribution in [0.1, 0.15) is 30.3 Å². The van der Waals surface area contributed by atoms with Crippen molar-refractivity contribution >= 4 is 23.6 Å². The number of amides is 1. The minimum absolute atomic E-state index is 0.0897. The summed E-state index contributed by atoms with van der Waals surface area (Å²) in [5, 5.41) is 19.3. The molecule has 1 saturated heterocycles. The highest BCUT2D eigenvalue weighted by Gasteiger charge is 2.56. The number of aromatic nitrogens is 1. The molecule has 0 saturated carbocycles. The Labute approximate surface area is 151 Å². The van der Waals surface area contributed by atoms with Crippen LogP contribution in [0.15, 0.2) is 22.7 Å². The molecule has 3 heterocycles. The van der Waals surface area contributed by atoms with Gasteiger partial charge in [0.05, 0.1) is 18.1 Å². The van der Waals surface area contributed by atoms with Crippen molar-refractivity contribution in [3.8, 4) is 0 Å². The molecule has 6 nitrogen and oxygen atoms in total. The average Bonchev–Trinajstić information content (AvgIpc) is 2.84. The first-order chi connectivity index (χ1) is 11.7. The van der Waals surface area contributed by atoms with E-state index >= 15 is 0 Å². The number of carbonyl (C=O) groups is 2. The van der Waals surface area contributed by atoms with Gasteiger partial charge in [-0.3, -0.25) is 4.79 Å². The van der Waals surface area contributed by atoms with E-state index in [4.69, 9.17) is 0 Å². The van der Waals surface area contributed by atoms with Crippen LogP contribution in [0.25, 0.3) is 0 Å². The van der Waals surface area contributed by atoms with Gasteiger partial charge < -0.3 is 15.1 Å². The summed E-state index contributed by atoms with van der Waals surface area (Å²) >= 11 is 1.47. The number of β-lactam (4-membered cyclic amide) rings is 1. The molecule has 2 unspecified atom stereocenters. The van der Waals surface area contributed by atoms with E-state index in [2.05, 4.69) is 16.7 Å². The van der Waals surface area contributed by atoms with Gasteiger partial charge in [0, 0.05) is 43.1 Å². The van der Waals surface area contributed by atoms with Crippen LogP contribution in [-0.2, 0) is 22.4 Å². The van der Waals surface area contributed by atoms with Gasteiger partial charge in [-0.15, -0.1) is 11.8 Å². The van der Waals surface area contributed by atoms with E-state index in [0.717, 1.165) is 21.9 Å². The van der Waals surface area contributed by atoms with Crippen molar-refractivity contribution in [1.82, 2.24) is 4.90 Å². The number of hydrogen-bond acceptors (Lipinski definition) is 4. The molecule has 0 radical (unpaired) electrons. The quantitative estimate of drug-likeness (QED) is 0.608. The summed E-state index contributed by atoms with van der Waals surface area (Å²) in [7, 11) is 2.01. The number of thioether (sulfide) groups is 1. The van der Waals surface area contributed by atoms with E-state index in [-0.39, 0.29) is 17.6 Å². The first-order valence-electron chi connectivity index (χ1n) is 8.29. The number of nitrogens with zero attached hydrogens (tertiary/aromatic N) is 2. The van der Waals surface area contributed by atoms with Crippen LogP contribution in [0, 0.1) is 19.8 Å². The molecule has 2 aliphatic rings. The molecule has 0 aliphatic carbocycles. The fraction of sp³-hybridized carbons (Fsp3) is 0.500. The van der Waals surface area contributed by atoms with Crippen LogP contribution >= 0.6 is 11.8 Å². The van der Waals surface area contributed by atoms with Gasteiger partial charge in [-0.05, 0) is 12.5 Å². The second-order valence-electron chi connectivity index (χ2n) is 6.82. The molecule has 3 rings (SSSR count). The Morgan fingerprint density at radius 3 is 2.52 bits per heavy atom. The first kappa shape index (κ1) is 17.9. The molecule has 0 aromatic carbocycles. The Balaban J connectivity index is 1.80. The lowest BCUT2D eigenvalue weighted by atomic mass is 9.83. The second kappa shape index (κ2) is 6.46. The summed E-state index contributed by atoms with van der Waals surface area (Å²) in [6, 6.07) is 3.96. The summed E-state index contributed by atoms with van der Waals surface area (Å²) in [4.78, 5) is 25.9. The van der Waals surface area contributed by atoms with Crippen LogP contribution < -0.4 is 4.57 Å². The highest BCUT2D eigenvalue weighted by Crippen LogP contribution is 2.47. The monoisotopic (exact) mass is 363 g/mol. The molecule has 2 aliphatic heterocycles. The largest absolute Gasteiger partial charge is 0.477 e. The second-order valence-corrected chi connectivity index (χ2v) is 7.89. The van der Waals surface area contributed by atoms with Crippen molar-refractivity contribution in [3.63, 3.8) is 0 Å². The minimum atomic E-state index is -1.07. The summed E-state index contributed by atoms with van der Waals surface area (Å²) in [5.41, 5.74) is 3.50. The predicted octanol–water partition coefficient (Wildman–Crippen LogP) is 1.27. The number of fused-ring (bicyclic) bond motifs is 1. The van der Waals surface area contributed by atoms with Crippen molar-refractivity contribution in [2.45, 2.75) is 45.1 Å². The number of carboxylic acids is 1. The Bertz CT molecular complexity index is 764. The number of hydrogen-bond donors (Lipinski definition) is 2. The summed E-state index contributed by atoms with van der Waals surface area (Å²) in [5.74, 6) is -1.20. The lowest BCUT2D eigenvalue weighted by Crippen LogP contribution is -2.61. The maximum Gasteiger partial charge on any atom is 0.353 e. The number of carboxylic acid groups (broad SMARTS) is 1. The smallest absolute Gasteiger partial charge is 0.353 e. The van der Waals surface area contributed by atoms with Crippen LogP contribution in [0.2, 0.25) is 0 Å². The van der Waals surface area contributed by atoms with Gasteiger partial charge in [0.25, 0.3) is 0 Å². The Morgan fingerprint density at radius 2 is 2.00 bits per heavy atom. The third kappa shape index (κ3) is 2.95. The van der Waals surface area contributed by atoms with E-state index in [1.807, 2.05) is 20.9 Å². The highest BCUT2D eigenvalue weighted by molar-refractivity contribution is 8.02. The summed E-state index contributed by atoms with van der Waals surface area (Å²) in [6.45, 7) is 5.66. The van der Waals surface area contributed by atoms with Crippen molar-refractivity contribution in [3.05, 3.63) is 39.7 Å². The third-order valence-electron chi connectivity index (χ3n) is 5.15. The zero-order chi connectivity index (χ0) is 18.5. The van der Waals surface area contributed by atoms with E-state index in [1.54, 1.807) is 6.92 Å². The number of carbonyl (C=O) groups excluding carboxylic acids is 1. The molecule has 1 fully saturated rings. The Hall–Kier alpha value is -1.86. The fourth-order valence-corrected chi connectivity index (χ4v) is 4.78. The number of aliphatic carboxylic acids is 1. The molecule has 1 aromatic heterocycles. The maximum absolute atomic E-state index is 12.2. The third-order valence-corrected chi connectivity index (χ3v) is 6.34. The zero-order valence-corrected chi connectivity index (χ0v) is 15.6. The van der Waals surface area contributed by atoms with Crippen LogP contribution in [0.4, 0.5) is 0 Å². The molecule has 134 valence electrons. The normalized spacial score (nSPS) is 23.6. The molecule has 1 amide bonds. The topological polar surface area (TPSA) is 81.7 Å². The number of aliphatic hydroxyl groups excluding tert-OH is 1. The summed E-state index contributed by atoms with van der Waals surface area (Å²) in [6.07, 6.45) is -0.251. The molecular formula is C18H23N2O4S+. The fourth-order valence-electron chi connectivity index (χ4n) is 3.66. The van der Waals surface area contributed by atoms with Crippen molar-refractivity contribution in [2.24, 2.45) is 13.0 Å². The van der Waals surface area contributed by atoms with Crippen molar-refractivity contribution in [1.29, 1.82) is 0 Å². The molecule has 25 heavy (non-hydrogen) atoms. The zero-order valence-electron chi connectivity index (χ0n) is 14.8. The molecule has 2 N–H and O–H groups in total. The van der Waals surface area contributed by atoms with Gasteiger partial charge in [-0.1, -0.05) is 0 Å². The minimum Gasteiger partial charge on any atom is -0.477 e. The van der Waals surface area contributed by atoms with Gasteiger partial charge in [0.15, 0.2) is 11.4 Å². The molecule has 1 aromatic rings. The standard InChI is InChI=1S/C18H22N2O4S/c1-9-5-12(6-10(2)19(9)4)8-25-14-7-13-15(11(3)21)17(22)20(13)16(14)18(23)24/h5-6,11,13,15,21H,7-8H2,1-4H3/p+1/t11-,13?,15?/m1/s1. The van der Waals surface area contributed by atoms with Crippen molar-refractivity contribution in [2.75, 3.05) is 0 Å². The van der Waals surface area contributed by atoms with E-state index in [0.29, 0.717) is 12.2 Å². The van der Waals surface area contributed by atoms with Crippen molar-refractivity contribution < 1.29 is 24.4 Å². The molecule has 3 atom stereocenters. The van der Waals surface area contributed by atoms with E-state index in [1.165, 1.54) is 16.7 Å². The lowest BCUT2D eigenvalue weighted by Gasteiger charge is -2.44. The van der Waals surface area contributed by atoms with Gasteiger partial charge in [0.1, 0.15) is 12.7 Å². The molecule has 7 heteroatoms. The highest BCUT2D eigenvalue weighted by atomic mass is 32.2. The maximum atomic E-state index is 12.2. The average molecular weight is 363 g/mol. The summed E-state index contributed by atoms with van der Waals surface area (Å²) < 4.78 is 2.10. The number of rotatable bonds is 5. The van der Waals surface area contributed by atoms with E-state index < -0.39 is 18.0 Å². The van der Waals surface area contributed by atoms with Crippen LogP contribution in [0.5, 0.6) is 0 Å². The van der Waals surface area contributed by atoms with Crippen LogP contribution in [-0.4, -0.2) is 39.1 Å². The lowest BCUT2D eigenvalue weighted by molar-refractivity contribution is -0.683. The SMILES string of the molecule is Cc1cc(CSC2=C(C(=O)O)N3C(=O)C([C@@H](C)O)C3C2)cc(C)[n+]1C. The van der Waals surface area contributed by atoms with Gasteiger partial charge >= 0.3 is 5.97 Å². The number of aryl methyl sites for hydroxylation is 2. The van der Waals surface area contributed by atoms with Gasteiger partial charge in [0.2, 0.25) is 5.91 Å². The Kier molecular flexibility index (Phi) is 4.64. The number of pyridine rings is 1. The van der Waals surface area contributed by atoms with Gasteiger partial charge in [-0.25, -0.2) is 9.36 Å². The predicted molar refractivity (Wildman–Crippen MR) is 93.5 cm³/mol. The molecular weight excluding hydrogens is 340 g/mol. The van der Waals surface area contributed by atoms with Crippen LogP contribution in [0.3, 0.4) is 0 Å². The Morgan fingerprint density at radius 1 is 1.40 bits per heavy atom. The molecule has 0 bridgehead atoms. The van der Waals surface area contributed by atoms with E-state index in [9.17, 15) is 19.8 Å². The number of aliphatic hydroxyl groups is 1.